The molecule has 0 fully saturated rings. The summed E-state index contributed by atoms with van der Waals surface area (Å²) in [7, 11) is 0. The Morgan fingerprint density at radius 2 is 1.58 bits per heavy atom. The zero-order chi connectivity index (χ0) is 25.9. The highest BCUT2D eigenvalue weighted by atomic mass is 19.4. The average Bonchev–Trinajstić information content (AvgIpc) is 3.13. The number of aromatic nitrogens is 3. The van der Waals surface area contributed by atoms with Crippen molar-refractivity contribution in [2.45, 2.75) is 32.7 Å². The number of hydrogen-bond acceptors (Lipinski definition) is 3. The Labute approximate surface area is 203 Å². The summed E-state index contributed by atoms with van der Waals surface area (Å²) in [6.45, 7) is 0.826. The standard InChI is InChI=1S/C26H22F4N4O2/c1-17-8-2-5-11-20(17)24-32-34(25(36)33(24)15-19-10-4-7-13-22(19)27)16-23(35)31-14-18-9-3-6-12-21(18)26(28,29)30/h2-13H,14-16H2,1H3,(H,31,35). The highest BCUT2D eigenvalue weighted by Crippen LogP contribution is 2.31. The molecule has 0 spiro atoms. The van der Waals surface area contributed by atoms with E-state index in [1.165, 1.54) is 34.9 Å². The van der Waals surface area contributed by atoms with Gasteiger partial charge in [0.15, 0.2) is 5.82 Å². The minimum atomic E-state index is -4.56. The monoisotopic (exact) mass is 498 g/mol. The van der Waals surface area contributed by atoms with Crippen molar-refractivity contribution in [1.29, 1.82) is 0 Å². The van der Waals surface area contributed by atoms with E-state index in [0.29, 0.717) is 5.56 Å². The molecule has 4 rings (SSSR count). The number of halogens is 4. The number of nitrogens with one attached hydrogen (secondary N) is 1. The van der Waals surface area contributed by atoms with Gasteiger partial charge >= 0.3 is 11.9 Å². The van der Waals surface area contributed by atoms with Crippen molar-refractivity contribution in [2.75, 3.05) is 0 Å². The van der Waals surface area contributed by atoms with E-state index in [-0.39, 0.29) is 30.0 Å². The second-order valence-electron chi connectivity index (χ2n) is 8.19. The zero-order valence-corrected chi connectivity index (χ0v) is 19.2. The van der Waals surface area contributed by atoms with Crippen LogP contribution in [0.1, 0.15) is 22.3 Å². The van der Waals surface area contributed by atoms with E-state index >= 15 is 0 Å². The highest BCUT2D eigenvalue weighted by Gasteiger charge is 2.32. The number of carbonyl (C=O) groups excluding carboxylic acids is 1. The van der Waals surface area contributed by atoms with Crippen molar-refractivity contribution in [3.63, 3.8) is 0 Å². The fourth-order valence-corrected chi connectivity index (χ4v) is 3.84. The van der Waals surface area contributed by atoms with E-state index < -0.39 is 35.7 Å². The SMILES string of the molecule is Cc1ccccc1-c1nn(CC(=O)NCc2ccccc2C(F)(F)F)c(=O)n1Cc1ccccc1F. The molecule has 0 radical (unpaired) electrons. The molecule has 1 amide bonds. The molecule has 186 valence electrons. The molecule has 0 aliphatic rings. The molecule has 1 N–H and O–H groups in total. The van der Waals surface area contributed by atoms with Gasteiger partial charge in [-0.1, -0.05) is 60.7 Å². The lowest BCUT2D eigenvalue weighted by molar-refractivity contribution is -0.138. The van der Waals surface area contributed by atoms with Crippen molar-refractivity contribution < 1.29 is 22.4 Å². The van der Waals surface area contributed by atoms with Gasteiger partial charge in [0.05, 0.1) is 12.1 Å². The largest absolute Gasteiger partial charge is 0.416 e. The van der Waals surface area contributed by atoms with Crippen LogP contribution in [-0.4, -0.2) is 20.3 Å². The molecular formula is C26H22F4N4O2. The number of rotatable bonds is 7. The molecule has 1 aromatic heterocycles. The van der Waals surface area contributed by atoms with Gasteiger partial charge in [-0.3, -0.25) is 9.36 Å². The van der Waals surface area contributed by atoms with Gasteiger partial charge in [-0.2, -0.15) is 13.2 Å². The van der Waals surface area contributed by atoms with Gasteiger partial charge < -0.3 is 5.32 Å². The molecule has 0 atom stereocenters. The second-order valence-corrected chi connectivity index (χ2v) is 8.19. The first-order valence-corrected chi connectivity index (χ1v) is 11.0. The summed E-state index contributed by atoms with van der Waals surface area (Å²) in [5.41, 5.74) is 0.112. The lowest BCUT2D eigenvalue weighted by Gasteiger charge is -2.13. The van der Waals surface area contributed by atoms with Crippen LogP contribution in [-0.2, 0) is 30.6 Å². The predicted octanol–water partition coefficient (Wildman–Crippen LogP) is 4.54. The smallest absolute Gasteiger partial charge is 0.350 e. The van der Waals surface area contributed by atoms with Gasteiger partial charge in [0, 0.05) is 17.7 Å². The molecule has 0 saturated carbocycles. The Morgan fingerprint density at radius 3 is 2.28 bits per heavy atom. The van der Waals surface area contributed by atoms with Crippen LogP contribution in [0.2, 0.25) is 0 Å². The number of nitrogens with zero attached hydrogens (tertiary/aromatic N) is 3. The maximum absolute atomic E-state index is 14.3. The van der Waals surface area contributed by atoms with Crippen LogP contribution < -0.4 is 11.0 Å². The molecule has 36 heavy (non-hydrogen) atoms. The number of aryl methyl sites for hydroxylation is 1. The Morgan fingerprint density at radius 1 is 0.944 bits per heavy atom. The van der Waals surface area contributed by atoms with E-state index in [9.17, 15) is 27.2 Å². The molecule has 0 aliphatic carbocycles. The quantitative estimate of drug-likeness (QED) is 0.381. The third kappa shape index (κ3) is 5.37. The maximum Gasteiger partial charge on any atom is 0.416 e. The Bertz CT molecular complexity index is 1460. The summed E-state index contributed by atoms with van der Waals surface area (Å²) >= 11 is 0. The van der Waals surface area contributed by atoms with E-state index in [4.69, 9.17) is 0 Å². The number of hydrogen-bond donors (Lipinski definition) is 1. The zero-order valence-electron chi connectivity index (χ0n) is 19.2. The van der Waals surface area contributed by atoms with Crippen molar-refractivity contribution in [3.05, 3.63) is 111 Å². The predicted molar refractivity (Wildman–Crippen MR) is 125 cm³/mol. The summed E-state index contributed by atoms with van der Waals surface area (Å²) in [4.78, 5) is 25.8. The maximum atomic E-state index is 14.3. The number of alkyl halides is 3. The van der Waals surface area contributed by atoms with Gasteiger partial charge in [-0.05, 0) is 30.2 Å². The number of amides is 1. The fourth-order valence-electron chi connectivity index (χ4n) is 3.84. The minimum Gasteiger partial charge on any atom is -0.350 e. The molecule has 0 saturated heterocycles. The Balaban J connectivity index is 1.62. The first kappa shape index (κ1) is 24.9. The molecule has 0 unspecified atom stereocenters. The van der Waals surface area contributed by atoms with Gasteiger partial charge in [0.1, 0.15) is 12.4 Å². The van der Waals surface area contributed by atoms with Gasteiger partial charge in [0.25, 0.3) is 0 Å². The van der Waals surface area contributed by atoms with Crippen molar-refractivity contribution in [2.24, 2.45) is 0 Å². The van der Waals surface area contributed by atoms with Gasteiger partial charge in [-0.25, -0.2) is 13.9 Å². The van der Waals surface area contributed by atoms with Crippen LogP contribution in [0.15, 0.2) is 77.6 Å². The van der Waals surface area contributed by atoms with Crippen molar-refractivity contribution in [1.82, 2.24) is 19.7 Å². The molecule has 3 aromatic carbocycles. The third-order valence-corrected chi connectivity index (χ3v) is 5.69. The number of benzene rings is 3. The van der Waals surface area contributed by atoms with Crippen LogP contribution in [0.5, 0.6) is 0 Å². The Hall–Kier alpha value is -4.21. The lowest BCUT2D eigenvalue weighted by Crippen LogP contribution is -2.34. The van der Waals surface area contributed by atoms with E-state index in [1.54, 1.807) is 24.3 Å². The van der Waals surface area contributed by atoms with Crippen LogP contribution in [0.3, 0.4) is 0 Å². The van der Waals surface area contributed by atoms with Gasteiger partial charge in [0.2, 0.25) is 5.91 Å². The third-order valence-electron chi connectivity index (χ3n) is 5.69. The number of carbonyl (C=O) groups is 1. The van der Waals surface area contributed by atoms with E-state index in [0.717, 1.165) is 16.3 Å². The molecule has 1 heterocycles. The summed E-state index contributed by atoms with van der Waals surface area (Å²) in [6, 6.07) is 18.1. The average molecular weight is 498 g/mol. The fraction of sp³-hybridized carbons (Fsp3) is 0.192. The lowest BCUT2D eigenvalue weighted by atomic mass is 10.1. The molecule has 4 aromatic rings. The minimum absolute atomic E-state index is 0.101. The van der Waals surface area contributed by atoms with Gasteiger partial charge in [-0.15, -0.1) is 5.10 Å². The van der Waals surface area contributed by atoms with Crippen LogP contribution in [0.4, 0.5) is 17.6 Å². The summed E-state index contributed by atoms with van der Waals surface area (Å²) in [6.07, 6.45) is -4.56. The van der Waals surface area contributed by atoms with Crippen LogP contribution in [0, 0.1) is 12.7 Å². The molecule has 0 aliphatic heterocycles. The Kier molecular flexibility index (Phi) is 7.05. The summed E-state index contributed by atoms with van der Waals surface area (Å²) < 4.78 is 56.2. The van der Waals surface area contributed by atoms with Crippen LogP contribution in [0.25, 0.3) is 11.4 Å². The second kappa shape index (κ2) is 10.2. The molecular weight excluding hydrogens is 476 g/mol. The highest BCUT2D eigenvalue weighted by molar-refractivity contribution is 5.75. The van der Waals surface area contributed by atoms with Crippen LogP contribution >= 0.6 is 0 Å². The van der Waals surface area contributed by atoms with Crippen molar-refractivity contribution in [3.8, 4) is 11.4 Å². The molecule has 0 bridgehead atoms. The topological polar surface area (TPSA) is 68.9 Å². The summed E-state index contributed by atoms with van der Waals surface area (Å²) in [5, 5.41) is 6.74. The summed E-state index contributed by atoms with van der Waals surface area (Å²) in [5.74, 6) is -0.938. The van der Waals surface area contributed by atoms with E-state index in [2.05, 4.69) is 10.4 Å². The van der Waals surface area contributed by atoms with Crippen molar-refractivity contribution >= 4 is 5.91 Å². The first-order chi connectivity index (χ1) is 17.1. The normalized spacial score (nSPS) is 11.5. The molecule has 10 heteroatoms. The molecule has 6 nitrogen and oxygen atoms in total. The first-order valence-electron chi connectivity index (χ1n) is 11.0. The van der Waals surface area contributed by atoms with E-state index in [1.807, 2.05) is 19.1 Å².